The van der Waals surface area contributed by atoms with Gasteiger partial charge in [0.05, 0.1) is 25.9 Å². The van der Waals surface area contributed by atoms with Gasteiger partial charge in [-0.1, -0.05) is 74.4 Å². The Morgan fingerprint density at radius 2 is 1.30 bits per heavy atom. The molecular weight excluding hydrogens is 496 g/mol. The summed E-state index contributed by atoms with van der Waals surface area (Å²) in [6, 6.07) is 7.97. The number of aliphatic hydroxyl groups excluding tert-OH is 1. The molecule has 0 bridgehead atoms. The Kier molecular flexibility index (Phi) is 12.6. The summed E-state index contributed by atoms with van der Waals surface area (Å²) in [7, 11) is -2.29. The maximum absolute atomic E-state index is 10.2. The van der Waals surface area contributed by atoms with Gasteiger partial charge in [0.15, 0.2) is 16.6 Å². The lowest BCUT2D eigenvalue weighted by Crippen LogP contribution is -2.52. The highest BCUT2D eigenvalue weighted by molar-refractivity contribution is 6.74. The summed E-state index contributed by atoms with van der Waals surface area (Å²) < 4.78 is 25.6. The second-order valence-electron chi connectivity index (χ2n) is 14.0. The Balaban J connectivity index is 3.24. The zero-order valence-electron chi connectivity index (χ0n) is 26.4. The van der Waals surface area contributed by atoms with E-state index in [-0.39, 0.29) is 46.6 Å². The molecule has 0 aliphatic carbocycles. The maximum atomic E-state index is 10.2. The molecule has 0 aromatic heterocycles. The minimum Gasteiger partial charge on any atom is -0.497 e. The van der Waals surface area contributed by atoms with E-state index in [4.69, 9.17) is 18.3 Å². The van der Waals surface area contributed by atoms with E-state index >= 15 is 0 Å². The van der Waals surface area contributed by atoms with E-state index in [1.807, 2.05) is 24.3 Å². The lowest BCUT2D eigenvalue weighted by Gasteiger charge is -2.46. The molecule has 0 heterocycles. The van der Waals surface area contributed by atoms with Gasteiger partial charge in [-0.25, -0.2) is 0 Å². The Morgan fingerprint density at radius 1 is 0.784 bits per heavy atom. The van der Waals surface area contributed by atoms with Crippen LogP contribution in [0, 0.1) is 17.8 Å². The van der Waals surface area contributed by atoms with Gasteiger partial charge < -0.3 is 23.4 Å². The quantitative estimate of drug-likeness (QED) is 0.237. The molecule has 1 aromatic carbocycles. The number of aliphatic hydroxyl groups is 1. The fourth-order valence-electron chi connectivity index (χ4n) is 3.95. The van der Waals surface area contributed by atoms with Crippen molar-refractivity contribution < 1.29 is 23.4 Å². The van der Waals surface area contributed by atoms with Crippen LogP contribution in [0.15, 0.2) is 24.3 Å². The van der Waals surface area contributed by atoms with Gasteiger partial charge in [0, 0.05) is 31.0 Å². The van der Waals surface area contributed by atoms with Gasteiger partial charge in [-0.3, -0.25) is 0 Å². The molecule has 5 nitrogen and oxygen atoms in total. The van der Waals surface area contributed by atoms with E-state index in [0.29, 0.717) is 13.2 Å². The molecular formula is C30H58O5Si2. The third-order valence-corrected chi connectivity index (χ3v) is 17.8. The monoisotopic (exact) mass is 554 g/mol. The summed E-state index contributed by atoms with van der Waals surface area (Å²) in [6.07, 6.45) is -0.197. The molecule has 7 heteroatoms. The van der Waals surface area contributed by atoms with Gasteiger partial charge in [0.2, 0.25) is 0 Å². The average Bonchev–Trinajstić information content (AvgIpc) is 2.79. The van der Waals surface area contributed by atoms with E-state index in [1.54, 1.807) is 7.11 Å². The lowest BCUT2D eigenvalue weighted by atomic mass is 9.84. The minimum absolute atomic E-state index is 0.0210. The van der Waals surface area contributed by atoms with Gasteiger partial charge in [-0.05, 0) is 54.0 Å². The van der Waals surface area contributed by atoms with Crippen molar-refractivity contribution in [3.05, 3.63) is 29.8 Å². The second-order valence-corrected chi connectivity index (χ2v) is 23.6. The summed E-state index contributed by atoms with van der Waals surface area (Å²) in [4.78, 5) is 0. The Morgan fingerprint density at radius 3 is 1.73 bits per heavy atom. The van der Waals surface area contributed by atoms with Crippen LogP contribution in [-0.2, 0) is 20.2 Å². The summed E-state index contributed by atoms with van der Waals surface area (Å²) in [5.41, 5.74) is 1.08. The molecule has 0 aliphatic rings. The van der Waals surface area contributed by atoms with Crippen LogP contribution < -0.4 is 4.74 Å². The maximum Gasteiger partial charge on any atom is 0.192 e. The van der Waals surface area contributed by atoms with Crippen molar-refractivity contribution >= 4 is 16.6 Å². The molecule has 0 spiro atoms. The minimum atomic E-state index is -2.07. The molecule has 37 heavy (non-hydrogen) atoms. The van der Waals surface area contributed by atoms with Crippen molar-refractivity contribution in [2.75, 3.05) is 20.3 Å². The summed E-state index contributed by atoms with van der Waals surface area (Å²) in [5.74, 6) is 1.08. The molecule has 0 saturated heterocycles. The SMILES string of the molecule is COc1ccc(CO[C@H]([C@H](C)[C@@H](O[Si](C)(C)C(C)(C)C)[C@@H](C)CO[Si](C)(C)C(C)(C)C)[C@@H](C)CO)cc1. The first-order valence-corrected chi connectivity index (χ1v) is 19.8. The van der Waals surface area contributed by atoms with E-state index in [2.05, 4.69) is 88.5 Å². The van der Waals surface area contributed by atoms with Gasteiger partial charge in [0.1, 0.15) is 5.75 Å². The highest BCUT2D eigenvalue weighted by Gasteiger charge is 2.44. The average molecular weight is 555 g/mol. The topological polar surface area (TPSA) is 57.2 Å². The second kappa shape index (κ2) is 13.6. The first-order valence-electron chi connectivity index (χ1n) is 13.9. The Labute approximate surface area is 230 Å². The molecule has 0 aliphatic heterocycles. The molecule has 1 aromatic rings. The largest absolute Gasteiger partial charge is 0.497 e. The van der Waals surface area contributed by atoms with Crippen LogP contribution in [0.25, 0.3) is 0 Å². The van der Waals surface area contributed by atoms with E-state index in [0.717, 1.165) is 11.3 Å². The van der Waals surface area contributed by atoms with E-state index < -0.39 is 16.6 Å². The normalized spacial score (nSPS) is 17.7. The van der Waals surface area contributed by atoms with Crippen LogP contribution >= 0.6 is 0 Å². The molecule has 1 N–H and O–H groups in total. The van der Waals surface area contributed by atoms with Crippen LogP contribution in [0.3, 0.4) is 0 Å². The molecule has 0 amide bonds. The molecule has 0 radical (unpaired) electrons. The summed E-state index contributed by atoms with van der Waals surface area (Å²) in [5, 5.41) is 10.4. The fourth-order valence-corrected chi connectivity index (χ4v) is 6.54. The lowest BCUT2D eigenvalue weighted by molar-refractivity contribution is -0.0848. The zero-order chi connectivity index (χ0) is 28.8. The molecule has 0 fully saturated rings. The number of hydrogen-bond acceptors (Lipinski definition) is 5. The molecule has 0 saturated carbocycles. The number of rotatable bonds is 14. The van der Waals surface area contributed by atoms with Crippen LogP contribution in [-0.4, -0.2) is 54.3 Å². The Bertz CT molecular complexity index is 796. The van der Waals surface area contributed by atoms with Gasteiger partial charge in [-0.15, -0.1) is 0 Å². The molecule has 1 rings (SSSR count). The van der Waals surface area contributed by atoms with E-state index in [1.165, 1.54) is 0 Å². The third kappa shape index (κ3) is 9.77. The molecule has 5 atom stereocenters. The first-order chi connectivity index (χ1) is 16.8. The van der Waals surface area contributed by atoms with Crippen LogP contribution in [0.1, 0.15) is 67.9 Å². The summed E-state index contributed by atoms with van der Waals surface area (Å²) in [6.45, 7) is 30.7. The number of hydrogen-bond donors (Lipinski definition) is 1. The molecule has 216 valence electrons. The Hall–Kier alpha value is -0.706. The predicted octanol–water partition coefficient (Wildman–Crippen LogP) is 7.89. The zero-order valence-corrected chi connectivity index (χ0v) is 28.4. The van der Waals surface area contributed by atoms with Crippen LogP contribution in [0.5, 0.6) is 5.75 Å². The number of benzene rings is 1. The number of methoxy groups -OCH3 is 1. The van der Waals surface area contributed by atoms with Crippen molar-refractivity contribution in [1.82, 2.24) is 0 Å². The van der Waals surface area contributed by atoms with Crippen molar-refractivity contribution in [3.63, 3.8) is 0 Å². The van der Waals surface area contributed by atoms with Gasteiger partial charge >= 0.3 is 0 Å². The highest BCUT2D eigenvalue weighted by Crippen LogP contribution is 2.41. The highest BCUT2D eigenvalue weighted by atomic mass is 28.4. The van der Waals surface area contributed by atoms with Crippen molar-refractivity contribution in [3.8, 4) is 5.75 Å². The van der Waals surface area contributed by atoms with Crippen molar-refractivity contribution in [1.29, 1.82) is 0 Å². The van der Waals surface area contributed by atoms with Crippen LogP contribution in [0.2, 0.25) is 36.3 Å². The number of ether oxygens (including phenoxy) is 2. The fraction of sp³-hybridized carbons (Fsp3) is 0.800. The molecule has 0 unspecified atom stereocenters. The van der Waals surface area contributed by atoms with Crippen molar-refractivity contribution in [2.45, 2.75) is 117 Å². The smallest absolute Gasteiger partial charge is 0.192 e. The predicted molar refractivity (Wildman–Crippen MR) is 161 cm³/mol. The van der Waals surface area contributed by atoms with E-state index in [9.17, 15) is 5.11 Å². The first kappa shape index (κ1) is 34.3. The standard InChI is InChI=1S/C30H58O5Si2/c1-22(19-31)27(33-21-25-15-17-26(32-10)18-16-25)24(3)28(35-37(13,14)30(7,8)9)23(2)20-34-36(11,12)29(4,5)6/h15-18,22-24,27-28,31H,19-21H2,1-14H3/t22-,23-,24-,27-,28-/m0/s1. The van der Waals surface area contributed by atoms with Gasteiger partial charge in [0.25, 0.3) is 0 Å². The van der Waals surface area contributed by atoms with Crippen LogP contribution in [0.4, 0.5) is 0 Å². The van der Waals surface area contributed by atoms with Crippen molar-refractivity contribution in [2.24, 2.45) is 17.8 Å². The summed E-state index contributed by atoms with van der Waals surface area (Å²) >= 11 is 0. The van der Waals surface area contributed by atoms with Gasteiger partial charge in [-0.2, -0.15) is 0 Å². The third-order valence-electron chi connectivity index (χ3n) is 8.80.